The minimum Gasteiger partial charge on any atom is -0.377 e. The Morgan fingerprint density at radius 3 is 1.30 bits per heavy atom. The van der Waals surface area contributed by atoms with Gasteiger partial charge in [-0.2, -0.15) is 0 Å². The minimum atomic E-state index is -0.682. The zero-order valence-corrected chi connectivity index (χ0v) is 24.4. The maximum Gasteiger partial charge on any atom is 0.299 e. The van der Waals surface area contributed by atoms with Crippen LogP contribution in [-0.2, 0) is 42.6 Å². The lowest BCUT2D eigenvalue weighted by Crippen LogP contribution is -2.15. The van der Waals surface area contributed by atoms with Crippen LogP contribution >= 0.6 is 0 Å². The Morgan fingerprint density at radius 2 is 0.953 bits per heavy atom. The Hall–Kier alpha value is -2.98. The highest BCUT2D eigenvalue weighted by Gasteiger charge is 2.19. The third-order valence-electron chi connectivity index (χ3n) is 5.11. The van der Waals surface area contributed by atoms with E-state index >= 15 is 0 Å². The molecular weight excluding hydrogens is 574 g/mol. The molecule has 0 unspecified atom stereocenters. The first-order chi connectivity index (χ1) is 21.1. The van der Waals surface area contributed by atoms with E-state index in [0.717, 1.165) is 6.07 Å². The van der Waals surface area contributed by atoms with E-state index in [1.807, 2.05) is 0 Å². The second kappa shape index (κ2) is 27.8. The van der Waals surface area contributed by atoms with Gasteiger partial charge in [0.15, 0.2) is 0 Å². The summed E-state index contributed by atoms with van der Waals surface area (Å²) in [4.78, 5) is 20.5. The molecule has 0 aromatic heterocycles. The van der Waals surface area contributed by atoms with Crippen molar-refractivity contribution in [3.8, 4) is 12.3 Å². The molecule has 0 fully saturated rings. The number of nitro benzene ring substituents is 2. The van der Waals surface area contributed by atoms with Crippen molar-refractivity contribution in [3.63, 3.8) is 0 Å². The molecule has 244 valence electrons. The fourth-order valence-corrected chi connectivity index (χ4v) is 3.08. The molecule has 1 rings (SSSR count). The smallest absolute Gasteiger partial charge is 0.299 e. The van der Waals surface area contributed by atoms with E-state index in [4.69, 9.17) is 49.1 Å². The summed E-state index contributed by atoms with van der Waals surface area (Å²) < 4.78 is 48.3. The summed E-state index contributed by atoms with van der Waals surface area (Å²) in [6, 6.07) is 3.42. The van der Waals surface area contributed by atoms with Crippen molar-refractivity contribution in [2.45, 2.75) is 0 Å². The lowest BCUT2D eigenvalue weighted by atomic mass is 10.2. The number of terminal acetylenes is 1. The first-order valence-corrected chi connectivity index (χ1v) is 13.9. The molecule has 1 aromatic carbocycles. The number of hydrogen-bond acceptors (Lipinski definition) is 14. The van der Waals surface area contributed by atoms with Crippen LogP contribution in [0.15, 0.2) is 18.2 Å². The number of ether oxygens (including phenoxy) is 9. The van der Waals surface area contributed by atoms with E-state index in [2.05, 4.69) is 11.2 Å². The Morgan fingerprint density at radius 1 is 0.581 bits per heavy atom. The molecule has 0 aliphatic heterocycles. The molecule has 43 heavy (non-hydrogen) atoms. The Balaban J connectivity index is 1.77. The number of nitrogens with zero attached hydrogens (tertiary/aromatic N) is 2. The molecule has 0 bridgehead atoms. The zero-order valence-electron chi connectivity index (χ0n) is 24.4. The van der Waals surface area contributed by atoms with Gasteiger partial charge in [0.1, 0.15) is 12.3 Å². The fourth-order valence-electron chi connectivity index (χ4n) is 3.08. The minimum absolute atomic E-state index is 0.186. The van der Waals surface area contributed by atoms with E-state index < -0.39 is 9.85 Å². The molecule has 0 aliphatic carbocycles. The molecule has 1 N–H and O–H groups in total. The molecule has 0 saturated carbocycles. The van der Waals surface area contributed by atoms with Gasteiger partial charge in [0.05, 0.1) is 128 Å². The molecule has 0 saturated heterocycles. The third-order valence-corrected chi connectivity index (χ3v) is 5.11. The number of hydrogen-bond donors (Lipinski definition) is 1. The lowest BCUT2D eigenvalue weighted by Gasteiger charge is -2.09. The normalized spacial score (nSPS) is 11.0. The van der Waals surface area contributed by atoms with Gasteiger partial charge in [-0.25, -0.2) is 0 Å². The van der Waals surface area contributed by atoms with E-state index in [1.165, 1.54) is 12.1 Å². The average molecular weight is 618 g/mol. The topological polar surface area (TPSA) is 181 Å². The molecule has 1 aromatic rings. The van der Waals surface area contributed by atoms with E-state index in [0.29, 0.717) is 119 Å². The quantitative estimate of drug-likeness (QED) is 0.0550. The molecule has 0 amide bonds. The second-order valence-corrected chi connectivity index (χ2v) is 8.30. The SMILES string of the molecule is C#CCOCCOCCOCCOCCOCCOCCOCCOCCOCCNc1ccc([N+](=O)[O-])cc1[N+](=O)[O-]. The molecule has 0 aliphatic rings. The molecule has 0 heterocycles. The largest absolute Gasteiger partial charge is 0.377 e. The fraction of sp³-hybridized carbons (Fsp3) is 0.704. The van der Waals surface area contributed by atoms with Crippen molar-refractivity contribution in [1.29, 1.82) is 0 Å². The molecule has 16 heteroatoms. The summed E-state index contributed by atoms with van der Waals surface area (Å²) >= 11 is 0. The summed E-state index contributed by atoms with van der Waals surface area (Å²) in [5.74, 6) is 2.38. The van der Waals surface area contributed by atoms with Crippen LogP contribution in [0, 0.1) is 32.6 Å². The predicted octanol–water partition coefficient (Wildman–Crippen LogP) is 1.70. The predicted molar refractivity (Wildman–Crippen MR) is 154 cm³/mol. The van der Waals surface area contributed by atoms with Crippen molar-refractivity contribution in [1.82, 2.24) is 0 Å². The van der Waals surface area contributed by atoms with Gasteiger partial charge in [-0.15, -0.1) is 6.42 Å². The van der Waals surface area contributed by atoms with Gasteiger partial charge in [0.25, 0.3) is 11.4 Å². The highest BCUT2D eigenvalue weighted by molar-refractivity contribution is 5.65. The van der Waals surface area contributed by atoms with Crippen LogP contribution in [0.3, 0.4) is 0 Å². The number of benzene rings is 1. The van der Waals surface area contributed by atoms with Crippen molar-refractivity contribution < 1.29 is 52.5 Å². The summed E-state index contributed by atoms with van der Waals surface area (Å²) in [6.45, 7) is 8.06. The average Bonchev–Trinajstić information content (AvgIpc) is 3.00. The maximum absolute atomic E-state index is 11.1. The first-order valence-electron chi connectivity index (χ1n) is 13.9. The highest BCUT2D eigenvalue weighted by Crippen LogP contribution is 2.28. The summed E-state index contributed by atoms with van der Waals surface area (Å²) in [5, 5.41) is 24.7. The molecule has 16 nitrogen and oxygen atoms in total. The van der Waals surface area contributed by atoms with Gasteiger partial charge >= 0.3 is 0 Å². The van der Waals surface area contributed by atoms with Gasteiger partial charge in [-0.1, -0.05) is 5.92 Å². The maximum atomic E-state index is 11.1. The van der Waals surface area contributed by atoms with Gasteiger partial charge in [-0.3, -0.25) is 20.2 Å². The van der Waals surface area contributed by atoms with Crippen molar-refractivity contribution in [2.75, 3.05) is 131 Å². The third kappa shape index (κ3) is 22.3. The van der Waals surface area contributed by atoms with Crippen molar-refractivity contribution >= 4 is 17.1 Å². The van der Waals surface area contributed by atoms with Crippen LogP contribution in [0.25, 0.3) is 0 Å². The summed E-state index contributed by atoms with van der Waals surface area (Å²) in [5.41, 5.74) is -0.525. The van der Waals surface area contributed by atoms with Crippen LogP contribution in [0.1, 0.15) is 0 Å². The summed E-state index contributed by atoms with van der Waals surface area (Å²) in [6.07, 6.45) is 5.07. The zero-order chi connectivity index (χ0) is 31.2. The van der Waals surface area contributed by atoms with E-state index in [9.17, 15) is 20.2 Å². The van der Waals surface area contributed by atoms with Crippen LogP contribution in [0.5, 0.6) is 0 Å². The van der Waals surface area contributed by atoms with Gasteiger partial charge < -0.3 is 47.9 Å². The van der Waals surface area contributed by atoms with E-state index in [-0.39, 0.29) is 23.7 Å². The van der Waals surface area contributed by atoms with Gasteiger partial charge in [0, 0.05) is 12.6 Å². The van der Waals surface area contributed by atoms with Crippen molar-refractivity contribution in [2.24, 2.45) is 0 Å². The van der Waals surface area contributed by atoms with Gasteiger partial charge in [0.2, 0.25) is 0 Å². The standard InChI is InChI=1S/C27H43N3O13/c1-2-6-35-8-10-37-12-14-39-16-18-41-20-22-43-23-21-42-19-17-40-15-13-38-11-9-36-7-5-28-26-4-3-25(29(31)32)24-27(26)30(33)34/h1,3-4,24,28H,5-23H2. The Labute approximate surface area is 251 Å². The lowest BCUT2D eigenvalue weighted by molar-refractivity contribution is -0.393. The number of nitrogens with one attached hydrogen (secondary N) is 1. The second-order valence-electron chi connectivity index (χ2n) is 8.30. The first kappa shape index (κ1) is 38.0. The van der Waals surface area contributed by atoms with E-state index in [1.54, 1.807) is 0 Å². The van der Waals surface area contributed by atoms with Crippen LogP contribution in [0.2, 0.25) is 0 Å². The summed E-state index contributed by atoms with van der Waals surface area (Å²) in [7, 11) is 0. The molecule has 0 atom stereocenters. The highest BCUT2D eigenvalue weighted by atomic mass is 16.6. The van der Waals surface area contributed by atoms with Crippen LogP contribution < -0.4 is 5.32 Å². The Bertz CT molecular complexity index is 901. The number of anilines is 1. The molecule has 0 radical (unpaired) electrons. The number of rotatable bonds is 31. The monoisotopic (exact) mass is 617 g/mol. The number of non-ortho nitro benzene ring substituents is 1. The van der Waals surface area contributed by atoms with Crippen LogP contribution in [-0.4, -0.2) is 135 Å². The number of nitro groups is 2. The molecular formula is C27H43N3O13. The molecule has 0 spiro atoms. The van der Waals surface area contributed by atoms with Crippen LogP contribution in [0.4, 0.5) is 17.1 Å². The Kier molecular flexibility index (Phi) is 24.6. The van der Waals surface area contributed by atoms with Crippen molar-refractivity contribution in [3.05, 3.63) is 38.4 Å². The van der Waals surface area contributed by atoms with Gasteiger partial charge in [-0.05, 0) is 6.07 Å².